The van der Waals surface area contributed by atoms with E-state index in [-0.39, 0.29) is 0 Å². The van der Waals surface area contributed by atoms with Crippen LogP contribution in [0, 0.1) is 6.92 Å². The Bertz CT molecular complexity index is 566. The van der Waals surface area contributed by atoms with E-state index < -0.39 is 0 Å². The topological polar surface area (TPSA) is 21.3 Å². The van der Waals surface area contributed by atoms with Crippen LogP contribution in [-0.2, 0) is 13.2 Å². The molecule has 0 fully saturated rings. The van der Waals surface area contributed by atoms with Gasteiger partial charge in [0.2, 0.25) is 0 Å². The molecule has 0 unspecified atom stereocenters. The number of aryl methyl sites for hydroxylation is 1. The minimum atomic E-state index is 0.601. The summed E-state index contributed by atoms with van der Waals surface area (Å²) >= 11 is 3.50. The summed E-state index contributed by atoms with van der Waals surface area (Å²) in [6.07, 6.45) is 1.17. The molecule has 0 radical (unpaired) electrons. The fourth-order valence-electron chi connectivity index (χ4n) is 2.04. The van der Waals surface area contributed by atoms with Gasteiger partial charge in [-0.3, -0.25) is 0 Å². The lowest BCUT2D eigenvalue weighted by molar-refractivity contribution is 0.306. The van der Waals surface area contributed by atoms with Crippen LogP contribution in [0.3, 0.4) is 0 Å². The van der Waals surface area contributed by atoms with E-state index in [1.54, 1.807) is 0 Å². The molecule has 0 aliphatic heterocycles. The molecule has 3 heteroatoms. The Balaban J connectivity index is 1.86. The number of hydrogen-bond acceptors (Lipinski definition) is 2. The number of ether oxygens (including phenoxy) is 1. The van der Waals surface area contributed by atoms with Crippen molar-refractivity contribution in [1.82, 2.24) is 5.32 Å². The zero-order valence-corrected chi connectivity index (χ0v) is 14.2. The highest BCUT2D eigenvalue weighted by molar-refractivity contribution is 9.10. The predicted octanol–water partition coefficient (Wildman–Crippen LogP) is 4.84. The lowest BCUT2D eigenvalue weighted by Gasteiger charge is -2.09. The second kappa shape index (κ2) is 8.20. The molecule has 0 heterocycles. The molecule has 2 aromatic carbocycles. The van der Waals surface area contributed by atoms with Gasteiger partial charge in [-0.2, -0.15) is 0 Å². The van der Waals surface area contributed by atoms with E-state index in [0.29, 0.717) is 6.61 Å². The molecule has 0 bridgehead atoms. The third-order valence-corrected chi connectivity index (χ3v) is 4.20. The van der Waals surface area contributed by atoms with Crippen molar-refractivity contribution < 1.29 is 4.74 Å². The van der Waals surface area contributed by atoms with Gasteiger partial charge in [-0.05, 0) is 54.8 Å². The van der Waals surface area contributed by atoms with E-state index in [1.165, 1.54) is 23.1 Å². The average Bonchev–Trinajstić information content (AvgIpc) is 2.50. The average molecular weight is 348 g/mol. The van der Waals surface area contributed by atoms with Crippen LogP contribution in [0.25, 0.3) is 0 Å². The van der Waals surface area contributed by atoms with E-state index in [9.17, 15) is 0 Å². The molecule has 2 rings (SSSR count). The SMILES string of the molecule is CCCNCc1ccc(COc2ccc(Br)c(C)c2)cc1. The van der Waals surface area contributed by atoms with Gasteiger partial charge in [0.25, 0.3) is 0 Å². The van der Waals surface area contributed by atoms with Gasteiger partial charge in [-0.25, -0.2) is 0 Å². The molecule has 1 N–H and O–H groups in total. The first kappa shape index (κ1) is 16.1. The second-order valence-corrected chi connectivity index (χ2v) is 6.05. The quantitative estimate of drug-likeness (QED) is 0.723. The van der Waals surface area contributed by atoms with Gasteiger partial charge in [0, 0.05) is 11.0 Å². The van der Waals surface area contributed by atoms with E-state index in [0.717, 1.165) is 23.3 Å². The molecule has 2 aromatic rings. The van der Waals surface area contributed by atoms with Gasteiger partial charge in [0.1, 0.15) is 12.4 Å². The summed E-state index contributed by atoms with van der Waals surface area (Å²) in [6.45, 7) is 6.84. The summed E-state index contributed by atoms with van der Waals surface area (Å²) in [4.78, 5) is 0. The maximum atomic E-state index is 5.83. The van der Waals surface area contributed by atoms with Crippen molar-refractivity contribution in [3.05, 3.63) is 63.6 Å². The first-order valence-electron chi connectivity index (χ1n) is 7.36. The summed E-state index contributed by atoms with van der Waals surface area (Å²) in [7, 11) is 0. The van der Waals surface area contributed by atoms with Crippen molar-refractivity contribution in [3.8, 4) is 5.75 Å². The highest BCUT2D eigenvalue weighted by Gasteiger charge is 2.00. The molecular formula is C18H22BrNO. The van der Waals surface area contributed by atoms with Crippen LogP contribution in [0.15, 0.2) is 46.9 Å². The Morgan fingerprint density at radius 2 is 1.76 bits per heavy atom. The van der Waals surface area contributed by atoms with Crippen molar-refractivity contribution in [3.63, 3.8) is 0 Å². The molecule has 0 atom stereocenters. The van der Waals surface area contributed by atoms with Gasteiger partial charge in [-0.1, -0.05) is 47.1 Å². The lowest BCUT2D eigenvalue weighted by Crippen LogP contribution is -2.13. The van der Waals surface area contributed by atoms with Crippen LogP contribution in [0.4, 0.5) is 0 Å². The summed E-state index contributed by atoms with van der Waals surface area (Å²) in [5, 5.41) is 3.40. The molecule has 0 saturated heterocycles. The zero-order valence-electron chi connectivity index (χ0n) is 12.7. The third kappa shape index (κ3) is 5.18. The number of nitrogens with one attached hydrogen (secondary N) is 1. The van der Waals surface area contributed by atoms with Crippen LogP contribution >= 0.6 is 15.9 Å². The van der Waals surface area contributed by atoms with Gasteiger partial charge >= 0.3 is 0 Å². The Kier molecular flexibility index (Phi) is 6.27. The normalized spacial score (nSPS) is 10.6. The highest BCUT2D eigenvalue weighted by Crippen LogP contribution is 2.22. The summed E-state index contributed by atoms with van der Waals surface area (Å²) in [5.74, 6) is 0.907. The molecule has 112 valence electrons. The van der Waals surface area contributed by atoms with Crippen molar-refractivity contribution in [2.75, 3.05) is 6.54 Å². The molecule has 2 nitrogen and oxygen atoms in total. The minimum absolute atomic E-state index is 0.601. The minimum Gasteiger partial charge on any atom is -0.489 e. The van der Waals surface area contributed by atoms with Crippen molar-refractivity contribution in [2.45, 2.75) is 33.4 Å². The van der Waals surface area contributed by atoms with Crippen molar-refractivity contribution in [1.29, 1.82) is 0 Å². The molecule has 21 heavy (non-hydrogen) atoms. The summed E-state index contributed by atoms with van der Waals surface area (Å²) < 4.78 is 6.94. The largest absolute Gasteiger partial charge is 0.489 e. The van der Waals surface area contributed by atoms with Crippen LogP contribution in [0.5, 0.6) is 5.75 Å². The highest BCUT2D eigenvalue weighted by atomic mass is 79.9. The molecule has 0 amide bonds. The molecule has 0 aromatic heterocycles. The summed E-state index contributed by atoms with van der Waals surface area (Å²) in [6, 6.07) is 14.6. The maximum absolute atomic E-state index is 5.83. The third-order valence-electron chi connectivity index (χ3n) is 3.31. The van der Waals surface area contributed by atoms with Crippen molar-refractivity contribution >= 4 is 15.9 Å². The Labute approximate surface area is 135 Å². The first-order valence-corrected chi connectivity index (χ1v) is 8.16. The Morgan fingerprint density at radius 1 is 1.05 bits per heavy atom. The standard InChI is InChI=1S/C18H22BrNO/c1-3-10-20-12-15-4-6-16(7-5-15)13-21-17-8-9-18(19)14(2)11-17/h4-9,11,20H,3,10,12-13H2,1-2H3. The molecule has 0 saturated carbocycles. The van der Waals surface area contributed by atoms with Crippen LogP contribution in [-0.4, -0.2) is 6.54 Å². The molecular weight excluding hydrogens is 326 g/mol. The van der Waals surface area contributed by atoms with Crippen LogP contribution < -0.4 is 10.1 Å². The lowest BCUT2D eigenvalue weighted by atomic mass is 10.1. The molecule has 0 aliphatic carbocycles. The monoisotopic (exact) mass is 347 g/mol. The fraction of sp³-hybridized carbons (Fsp3) is 0.333. The van der Waals surface area contributed by atoms with Gasteiger partial charge in [0.15, 0.2) is 0 Å². The smallest absolute Gasteiger partial charge is 0.120 e. The fourth-order valence-corrected chi connectivity index (χ4v) is 2.28. The molecule has 0 spiro atoms. The summed E-state index contributed by atoms with van der Waals surface area (Å²) in [5.41, 5.74) is 3.69. The number of benzene rings is 2. The maximum Gasteiger partial charge on any atom is 0.120 e. The zero-order chi connectivity index (χ0) is 15.1. The van der Waals surface area contributed by atoms with E-state index in [4.69, 9.17) is 4.74 Å². The number of rotatable bonds is 7. The van der Waals surface area contributed by atoms with E-state index in [1.807, 2.05) is 18.2 Å². The van der Waals surface area contributed by atoms with Crippen LogP contribution in [0.2, 0.25) is 0 Å². The Hall–Kier alpha value is -1.32. The molecule has 0 aliphatic rings. The van der Waals surface area contributed by atoms with Gasteiger partial charge < -0.3 is 10.1 Å². The Morgan fingerprint density at radius 3 is 2.43 bits per heavy atom. The number of halogens is 1. The van der Waals surface area contributed by atoms with E-state index in [2.05, 4.69) is 59.4 Å². The van der Waals surface area contributed by atoms with E-state index >= 15 is 0 Å². The van der Waals surface area contributed by atoms with Crippen LogP contribution in [0.1, 0.15) is 30.0 Å². The van der Waals surface area contributed by atoms with Gasteiger partial charge in [0.05, 0.1) is 0 Å². The second-order valence-electron chi connectivity index (χ2n) is 5.19. The number of hydrogen-bond donors (Lipinski definition) is 1. The first-order chi connectivity index (χ1) is 10.2. The van der Waals surface area contributed by atoms with Crippen molar-refractivity contribution in [2.24, 2.45) is 0 Å². The predicted molar refractivity (Wildman–Crippen MR) is 91.7 cm³/mol. The van der Waals surface area contributed by atoms with Gasteiger partial charge in [-0.15, -0.1) is 0 Å².